The number of benzene rings is 1. The molecule has 22 heavy (non-hydrogen) atoms. The lowest BCUT2D eigenvalue weighted by Crippen LogP contribution is -2.52. The first-order chi connectivity index (χ1) is 10.7. The van der Waals surface area contributed by atoms with Crippen LogP contribution < -0.4 is 4.74 Å². The van der Waals surface area contributed by atoms with E-state index in [2.05, 4.69) is 24.0 Å². The highest BCUT2D eigenvalue weighted by molar-refractivity contribution is 5.27. The van der Waals surface area contributed by atoms with Crippen LogP contribution in [0.2, 0.25) is 0 Å². The van der Waals surface area contributed by atoms with Gasteiger partial charge in [-0.25, -0.2) is 0 Å². The summed E-state index contributed by atoms with van der Waals surface area (Å²) >= 11 is 0. The fourth-order valence-electron chi connectivity index (χ4n) is 3.73. The maximum Gasteiger partial charge on any atom is 0.119 e. The van der Waals surface area contributed by atoms with Gasteiger partial charge in [-0.15, -0.1) is 0 Å². The normalized spacial score (nSPS) is 29.6. The molecule has 1 aliphatic carbocycles. The lowest BCUT2D eigenvalue weighted by molar-refractivity contribution is -0.0532. The Morgan fingerprint density at radius 1 is 1.36 bits per heavy atom. The van der Waals surface area contributed by atoms with Crippen molar-refractivity contribution in [3.63, 3.8) is 0 Å². The van der Waals surface area contributed by atoms with Crippen molar-refractivity contribution in [1.82, 2.24) is 4.90 Å². The van der Waals surface area contributed by atoms with Crippen LogP contribution in [0.25, 0.3) is 0 Å². The molecule has 0 bridgehead atoms. The van der Waals surface area contributed by atoms with Gasteiger partial charge in [0.2, 0.25) is 0 Å². The lowest BCUT2D eigenvalue weighted by atomic mass is 9.94. The smallest absolute Gasteiger partial charge is 0.119 e. The maximum absolute atomic E-state index is 10.2. The van der Waals surface area contributed by atoms with Gasteiger partial charge < -0.3 is 14.6 Å². The molecule has 0 aromatic heterocycles. The molecule has 1 aromatic carbocycles. The van der Waals surface area contributed by atoms with Crippen molar-refractivity contribution in [2.75, 3.05) is 32.9 Å². The summed E-state index contributed by atoms with van der Waals surface area (Å²) < 4.78 is 11.5. The Balaban J connectivity index is 1.53. The summed E-state index contributed by atoms with van der Waals surface area (Å²) in [6, 6.07) is 8.51. The largest absolute Gasteiger partial charge is 0.492 e. The van der Waals surface area contributed by atoms with Gasteiger partial charge in [0.05, 0.1) is 19.3 Å². The Kier molecular flexibility index (Phi) is 5.34. The average Bonchev–Trinajstić information content (AvgIpc) is 2.94. The molecular weight excluding hydrogens is 278 g/mol. The van der Waals surface area contributed by atoms with E-state index in [1.165, 1.54) is 5.56 Å². The third kappa shape index (κ3) is 3.80. The van der Waals surface area contributed by atoms with Gasteiger partial charge in [-0.2, -0.15) is 0 Å². The number of hydrogen-bond acceptors (Lipinski definition) is 4. The second kappa shape index (κ2) is 7.44. The van der Waals surface area contributed by atoms with E-state index in [-0.39, 0.29) is 6.10 Å². The van der Waals surface area contributed by atoms with Crippen LogP contribution in [0.5, 0.6) is 5.75 Å². The number of rotatable bonds is 5. The first-order valence-corrected chi connectivity index (χ1v) is 8.43. The molecule has 122 valence electrons. The molecule has 2 fully saturated rings. The second-order valence-electron chi connectivity index (χ2n) is 6.51. The lowest BCUT2D eigenvalue weighted by Gasteiger charge is -2.40. The minimum absolute atomic E-state index is 0.160. The number of aliphatic hydroxyl groups excluding tert-OH is 1. The standard InChI is InChI=1S/C18H27NO3/c1-14-4-2-5-15(12-14)22-11-9-19-8-10-21-13-17(19)16-6-3-7-18(16)20/h2,4-5,12,16-18,20H,3,6-11,13H2,1H3/t16-,17-,18-/m1/s1. The molecule has 1 saturated heterocycles. The molecule has 0 amide bonds. The molecule has 3 rings (SSSR count). The number of ether oxygens (including phenoxy) is 2. The van der Waals surface area contributed by atoms with E-state index in [4.69, 9.17) is 9.47 Å². The van der Waals surface area contributed by atoms with Crippen LogP contribution in [0.15, 0.2) is 24.3 Å². The number of aliphatic hydroxyl groups is 1. The molecule has 2 aliphatic rings. The van der Waals surface area contributed by atoms with Crippen molar-refractivity contribution in [3.8, 4) is 5.75 Å². The third-order valence-corrected chi connectivity index (χ3v) is 4.94. The number of nitrogens with zero attached hydrogens (tertiary/aromatic N) is 1. The molecule has 1 heterocycles. The van der Waals surface area contributed by atoms with E-state index in [0.29, 0.717) is 18.6 Å². The summed E-state index contributed by atoms with van der Waals surface area (Å²) in [5.41, 5.74) is 1.22. The van der Waals surface area contributed by atoms with Crippen molar-refractivity contribution in [2.45, 2.75) is 38.3 Å². The van der Waals surface area contributed by atoms with E-state index >= 15 is 0 Å². The van der Waals surface area contributed by atoms with E-state index in [1.54, 1.807) is 0 Å². The summed E-state index contributed by atoms with van der Waals surface area (Å²) in [5, 5.41) is 10.2. The van der Waals surface area contributed by atoms with Crippen molar-refractivity contribution >= 4 is 0 Å². The number of hydrogen-bond donors (Lipinski definition) is 1. The molecule has 1 saturated carbocycles. The van der Waals surface area contributed by atoms with Crippen molar-refractivity contribution in [2.24, 2.45) is 5.92 Å². The van der Waals surface area contributed by atoms with Crippen LogP contribution in [-0.2, 0) is 4.74 Å². The molecule has 1 N–H and O–H groups in total. The van der Waals surface area contributed by atoms with Crippen LogP contribution >= 0.6 is 0 Å². The van der Waals surface area contributed by atoms with Gasteiger partial charge in [-0.1, -0.05) is 18.6 Å². The zero-order valence-corrected chi connectivity index (χ0v) is 13.4. The van der Waals surface area contributed by atoms with Gasteiger partial charge in [0.15, 0.2) is 0 Å². The predicted octanol–water partition coefficient (Wildman–Crippen LogP) is 2.24. The van der Waals surface area contributed by atoms with Crippen molar-refractivity contribution in [1.29, 1.82) is 0 Å². The maximum atomic E-state index is 10.2. The Hall–Kier alpha value is -1.10. The molecule has 1 aliphatic heterocycles. The molecule has 1 aromatic rings. The van der Waals surface area contributed by atoms with Gasteiger partial charge in [0, 0.05) is 25.0 Å². The first-order valence-electron chi connectivity index (χ1n) is 8.43. The zero-order chi connectivity index (χ0) is 15.4. The predicted molar refractivity (Wildman–Crippen MR) is 86.2 cm³/mol. The highest BCUT2D eigenvalue weighted by atomic mass is 16.5. The van der Waals surface area contributed by atoms with Gasteiger partial charge in [-0.3, -0.25) is 4.90 Å². The van der Waals surface area contributed by atoms with E-state index < -0.39 is 0 Å². The number of aryl methyl sites for hydroxylation is 1. The highest BCUT2D eigenvalue weighted by Crippen LogP contribution is 2.32. The Morgan fingerprint density at radius 3 is 3.05 bits per heavy atom. The molecule has 0 spiro atoms. The zero-order valence-electron chi connectivity index (χ0n) is 13.4. The Morgan fingerprint density at radius 2 is 2.27 bits per heavy atom. The molecule has 3 atom stereocenters. The Bertz CT molecular complexity index is 479. The van der Waals surface area contributed by atoms with Crippen LogP contribution in [0.4, 0.5) is 0 Å². The van der Waals surface area contributed by atoms with E-state index in [9.17, 15) is 5.11 Å². The van der Waals surface area contributed by atoms with E-state index in [1.807, 2.05) is 12.1 Å². The second-order valence-corrected chi connectivity index (χ2v) is 6.51. The van der Waals surface area contributed by atoms with Gasteiger partial charge in [0.25, 0.3) is 0 Å². The molecule has 0 radical (unpaired) electrons. The highest BCUT2D eigenvalue weighted by Gasteiger charge is 2.37. The minimum atomic E-state index is -0.160. The van der Waals surface area contributed by atoms with Gasteiger partial charge in [-0.05, 0) is 37.5 Å². The Labute approximate surface area is 133 Å². The monoisotopic (exact) mass is 305 g/mol. The van der Waals surface area contributed by atoms with Crippen LogP contribution in [-0.4, -0.2) is 55.1 Å². The quantitative estimate of drug-likeness (QED) is 0.906. The number of morpholine rings is 1. The fraction of sp³-hybridized carbons (Fsp3) is 0.667. The van der Waals surface area contributed by atoms with Gasteiger partial charge in [0.1, 0.15) is 12.4 Å². The van der Waals surface area contributed by atoms with Crippen molar-refractivity contribution in [3.05, 3.63) is 29.8 Å². The van der Waals surface area contributed by atoms with Crippen LogP contribution in [0.3, 0.4) is 0 Å². The first kappa shape index (κ1) is 15.8. The summed E-state index contributed by atoms with van der Waals surface area (Å²) in [7, 11) is 0. The van der Waals surface area contributed by atoms with Crippen molar-refractivity contribution < 1.29 is 14.6 Å². The van der Waals surface area contributed by atoms with E-state index in [0.717, 1.165) is 51.3 Å². The summed E-state index contributed by atoms with van der Waals surface area (Å²) in [4.78, 5) is 2.44. The minimum Gasteiger partial charge on any atom is -0.492 e. The summed E-state index contributed by atoms with van der Waals surface area (Å²) in [6.07, 6.45) is 3.03. The molecular formula is C18H27NO3. The average molecular weight is 305 g/mol. The van der Waals surface area contributed by atoms with Crippen LogP contribution in [0.1, 0.15) is 24.8 Å². The molecule has 0 unspecified atom stereocenters. The molecule has 4 heteroatoms. The van der Waals surface area contributed by atoms with Gasteiger partial charge >= 0.3 is 0 Å². The third-order valence-electron chi connectivity index (χ3n) is 4.94. The topological polar surface area (TPSA) is 41.9 Å². The fourth-order valence-corrected chi connectivity index (χ4v) is 3.73. The SMILES string of the molecule is Cc1cccc(OCCN2CCOC[C@@H]2[C@H]2CCC[C@H]2O)c1. The molecule has 4 nitrogen and oxygen atoms in total. The summed E-state index contributed by atoms with van der Waals surface area (Å²) in [5.74, 6) is 1.30. The van der Waals surface area contributed by atoms with Crippen LogP contribution in [0, 0.1) is 12.8 Å². The summed E-state index contributed by atoms with van der Waals surface area (Å²) in [6.45, 7) is 6.11.